The van der Waals surface area contributed by atoms with E-state index in [0.717, 1.165) is 6.07 Å². The van der Waals surface area contributed by atoms with Crippen molar-refractivity contribution < 1.29 is 22.4 Å². The number of alkyl halides is 4. The molecule has 5 heterocycles. The van der Waals surface area contributed by atoms with E-state index < -0.39 is 29.6 Å². The third-order valence-electron chi connectivity index (χ3n) is 8.71. The summed E-state index contributed by atoms with van der Waals surface area (Å²) in [4.78, 5) is 36.1. The minimum absolute atomic E-state index is 0.00196. The van der Waals surface area contributed by atoms with Crippen molar-refractivity contribution in [2.75, 3.05) is 56.5 Å². The number of halogens is 4. The fraction of sp³-hybridized carbons (Fsp3) is 0.400. The molecular weight excluding hydrogens is 598 g/mol. The average Bonchev–Trinajstić information content (AvgIpc) is 3.38. The van der Waals surface area contributed by atoms with E-state index in [1.54, 1.807) is 45.9 Å². The molecule has 2 fully saturated rings. The van der Waals surface area contributed by atoms with Crippen LogP contribution in [0.4, 0.5) is 23.4 Å². The molecule has 0 N–H and O–H groups in total. The van der Waals surface area contributed by atoms with Gasteiger partial charge in [-0.2, -0.15) is 23.3 Å². The molecule has 2 aromatic carbocycles. The maximum atomic E-state index is 15.1. The highest BCUT2D eigenvalue weighted by atomic mass is 32.2. The quantitative estimate of drug-likeness (QED) is 0.244. The summed E-state index contributed by atoms with van der Waals surface area (Å²) in [6, 6.07) is 5.88. The number of benzene rings is 2. The Balaban J connectivity index is 1.49. The van der Waals surface area contributed by atoms with E-state index in [1.807, 2.05) is 4.90 Å². The summed E-state index contributed by atoms with van der Waals surface area (Å²) in [6.45, 7) is 5.64. The van der Waals surface area contributed by atoms with Crippen molar-refractivity contribution in [3.63, 3.8) is 0 Å². The van der Waals surface area contributed by atoms with Gasteiger partial charge in [0.15, 0.2) is 0 Å². The maximum absolute atomic E-state index is 15.1. The Labute approximate surface area is 253 Å². The molecule has 9 nitrogen and oxygen atoms in total. The Morgan fingerprint density at radius 3 is 2.59 bits per heavy atom. The highest BCUT2D eigenvalue weighted by molar-refractivity contribution is 7.99. The minimum atomic E-state index is -4.72. The van der Waals surface area contributed by atoms with E-state index in [-0.39, 0.29) is 35.8 Å². The standard InChI is InChI=1S/C30H29F4N7O2S/c1-3-23(42)39-7-9-40(10-8-39)28-21-11-22(30(32,33)34)24(20-6-4-5-17-12-35-37(2)25(17)20)27-26(21)41(29(43)36-28)19(16-44-27)15-38-13-18(31)14-38/h3-6,11-12,18-19H,1,7-10,13-16H2,2H3. The minimum Gasteiger partial charge on any atom is -0.352 e. The fourth-order valence-electron chi connectivity index (χ4n) is 6.61. The molecule has 0 bridgehead atoms. The van der Waals surface area contributed by atoms with Crippen LogP contribution in [0.25, 0.3) is 32.9 Å². The van der Waals surface area contributed by atoms with Crippen LogP contribution in [0.5, 0.6) is 0 Å². The summed E-state index contributed by atoms with van der Waals surface area (Å²) in [5.74, 6) is 0.260. The van der Waals surface area contributed by atoms with Gasteiger partial charge < -0.3 is 9.80 Å². The second-order valence-corrected chi connectivity index (χ2v) is 12.4. The Morgan fingerprint density at radius 2 is 1.91 bits per heavy atom. The lowest BCUT2D eigenvalue weighted by molar-refractivity contribution is -0.137. The topological polar surface area (TPSA) is 79.5 Å². The second-order valence-electron chi connectivity index (χ2n) is 11.4. The van der Waals surface area contributed by atoms with Gasteiger partial charge in [0.2, 0.25) is 5.91 Å². The van der Waals surface area contributed by atoms with Gasteiger partial charge >= 0.3 is 11.9 Å². The van der Waals surface area contributed by atoms with Crippen molar-refractivity contribution in [1.82, 2.24) is 29.1 Å². The van der Waals surface area contributed by atoms with Crippen LogP contribution in [-0.4, -0.2) is 92.8 Å². The second kappa shape index (κ2) is 10.6. The van der Waals surface area contributed by atoms with E-state index in [0.29, 0.717) is 65.4 Å². The third kappa shape index (κ3) is 4.66. The number of anilines is 1. The number of likely N-dealkylation sites (tertiary alicyclic amines) is 1. The normalized spacial score (nSPS) is 19.5. The molecular formula is C30H29F4N7O2S. The van der Waals surface area contributed by atoms with Crippen molar-refractivity contribution in [1.29, 1.82) is 0 Å². The third-order valence-corrected chi connectivity index (χ3v) is 9.95. The molecule has 44 heavy (non-hydrogen) atoms. The molecule has 0 radical (unpaired) electrons. The van der Waals surface area contributed by atoms with Crippen LogP contribution in [-0.2, 0) is 18.0 Å². The van der Waals surface area contributed by atoms with Crippen LogP contribution in [0, 0.1) is 0 Å². The predicted molar refractivity (Wildman–Crippen MR) is 161 cm³/mol. The summed E-state index contributed by atoms with van der Waals surface area (Å²) in [6.07, 6.45) is -2.81. The summed E-state index contributed by atoms with van der Waals surface area (Å²) in [7, 11) is 1.69. The monoisotopic (exact) mass is 627 g/mol. The number of aryl methyl sites for hydroxylation is 1. The molecule has 0 aliphatic carbocycles. The van der Waals surface area contributed by atoms with E-state index in [4.69, 9.17) is 0 Å². The Kier molecular flexibility index (Phi) is 6.96. The van der Waals surface area contributed by atoms with E-state index in [2.05, 4.69) is 16.7 Å². The lowest BCUT2D eigenvalue weighted by atomic mass is 9.94. The molecule has 2 saturated heterocycles. The molecule has 1 unspecified atom stereocenters. The van der Waals surface area contributed by atoms with Gasteiger partial charge in [-0.05, 0) is 12.1 Å². The molecule has 3 aliphatic rings. The Hall–Kier alpha value is -3.91. The first-order valence-corrected chi connectivity index (χ1v) is 15.3. The summed E-state index contributed by atoms with van der Waals surface area (Å²) < 4.78 is 61.9. The Morgan fingerprint density at radius 1 is 1.16 bits per heavy atom. The zero-order valence-electron chi connectivity index (χ0n) is 23.8. The molecule has 3 aliphatic heterocycles. The molecule has 1 amide bonds. The molecule has 4 aromatic rings. The number of carbonyl (C=O) groups is 1. The number of amides is 1. The molecule has 14 heteroatoms. The van der Waals surface area contributed by atoms with Gasteiger partial charge in [-0.3, -0.25) is 18.9 Å². The molecule has 1 atom stereocenters. The number of hydrogen-bond donors (Lipinski definition) is 0. The van der Waals surface area contributed by atoms with Crippen LogP contribution in [0.1, 0.15) is 11.6 Å². The zero-order valence-corrected chi connectivity index (χ0v) is 24.7. The number of para-hydroxylation sites is 1. The first-order valence-electron chi connectivity index (χ1n) is 14.3. The van der Waals surface area contributed by atoms with Gasteiger partial charge in [0, 0.05) is 85.4 Å². The van der Waals surface area contributed by atoms with E-state index >= 15 is 13.2 Å². The summed E-state index contributed by atoms with van der Waals surface area (Å²) >= 11 is 1.29. The molecule has 0 spiro atoms. The first kappa shape index (κ1) is 28.8. The van der Waals surface area contributed by atoms with Crippen LogP contribution >= 0.6 is 11.8 Å². The number of rotatable bonds is 5. The average molecular weight is 628 g/mol. The predicted octanol–water partition coefficient (Wildman–Crippen LogP) is 4.10. The SMILES string of the molecule is C=CC(=O)N1CCN(c2nc(=O)n3c4c(c(-c5cccc6cnn(C)c56)c(C(F)(F)F)cc24)SCC3CN2CC(F)C2)CC1. The summed E-state index contributed by atoms with van der Waals surface area (Å²) in [5.41, 5.74) is -0.0686. The van der Waals surface area contributed by atoms with Crippen molar-refractivity contribution in [2.45, 2.75) is 23.3 Å². The molecule has 230 valence electrons. The number of aromatic nitrogens is 4. The lowest BCUT2D eigenvalue weighted by Gasteiger charge is -2.40. The van der Waals surface area contributed by atoms with Gasteiger partial charge in [-0.1, -0.05) is 24.8 Å². The van der Waals surface area contributed by atoms with Crippen LogP contribution in [0.3, 0.4) is 0 Å². The zero-order chi connectivity index (χ0) is 30.9. The molecule has 0 saturated carbocycles. The fourth-order valence-corrected chi connectivity index (χ4v) is 7.94. The highest BCUT2D eigenvalue weighted by Crippen LogP contribution is 2.51. The molecule has 7 rings (SSSR count). The van der Waals surface area contributed by atoms with Crippen molar-refractivity contribution >= 4 is 45.3 Å². The van der Waals surface area contributed by atoms with Crippen molar-refractivity contribution in [3.8, 4) is 11.1 Å². The number of piperazine rings is 1. The maximum Gasteiger partial charge on any atom is 0.417 e. The molecule has 2 aromatic heterocycles. The highest BCUT2D eigenvalue weighted by Gasteiger charge is 2.41. The van der Waals surface area contributed by atoms with Crippen molar-refractivity contribution in [3.05, 3.63) is 59.2 Å². The number of hydrogen-bond acceptors (Lipinski definition) is 7. The number of fused-ring (bicyclic) bond motifs is 1. The smallest absolute Gasteiger partial charge is 0.352 e. The number of nitrogens with zero attached hydrogens (tertiary/aromatic N) is 7. The first-order chi connectivity index (χ1) is 21.0. The summed E-state index contributed by atoms with van der Waals surface area (Å²) in [5, 5.41) is 5.21. The number of thioether (sulfide) groups is 1. The van der Waals surface area contributed by atoms with Gasteiger partial charge in [0.25, 0.3) is 0 Å². The lowest BCUT2D eigenvalue weighted by Crippen LogP contribution is -2.52. The van der Waals surface area contributed by atoms with E-state index in [9.17, 15) is 14.0 Å². The van der Waals surface area contributed by atoms with Crippen LogP contribution < -0.4 is 10.6 Å². The number of carbonyl (C=O) groups excluding carboxylic acids is 1. The van der Waals surface area contributed by atoms with Gasteiger partial charge in [-0.15, -0.1) is 11.8 Å². The Bertz CT molecular complexity index is 1870. The van der Waals surface area contributed by atoms with Crippen LogP contribution in [0.15, 0.2) is 52.8 Å². The van der Waals surface area contributed by atoms with Crippen LogP contribution in [0.2, 0.25) is 0 Å². The largest absolute Gasteiger partial charge is 0.417 e. The van der Waals surface area contributed by atoms with Gasteiger partial charge in [0.05, 0.1) is 28.8 Å². The van der Waals surface area contributed by atoms with E-state index in [1.165, 1.54) is 22.4 Å². The van der Waals surface area contributed by atoms with Gasteiger partial charge in [-0.25, -0.2) is 9.18 Å². The van der Waals surface area contributed by atoms with Crippen molar-refractivity contribution in [2.24, 2.45) is 7.05 Å². The van der Waals surface area contributed by atoms with Gasteiger partial charge in [0.1, 0.15) is 12.0 Å².